The molecule has 5 rings (SSSR count). The number of carbonyl (C=O) groups excluding carboxylic acids is 1. The van der Waals surface area contributed by atoms with E-state index in [1.807, 2.05) is 30.0 Å². The molecule has 0 radical (unpaired) electrons. The maximum atomic E-state index is 13.1. The van der Waals surface area contributed by atoms with Crippen molar-refractivity contribution in [2.45, 2.75) is 25.8 Å². The summed E-state index contributed by atoms with van der Waals surface area (Å²) in [6, 6.07) is 12.5. The quantitative estimate of drug-likeness (QED) is 0.700. The summed E-state index contributed by atoms with van der Waals surface area (Å²) in [4.78, 5) is 15.0. The van der Waals surface area contributed by atoms with Gasteiger partial charge in [0.2, 0.25) is 0 Å². The van der Waals surface area contributed by atoms with E-state index >= 15 is 0 Å². The van der Waals surface area contributed by atoms with Crippen LogP contribution in [-0.4, -0.2) is 29.9 Å². The molecule has 4 nitrogen and oxygen atoms in total. The highest BCUT2D eigenvalue weighted by Gasteiger charge is 2.43. The minimum atomic E-state index is 0. The van der Waals surface area contributed by atoms with Crippen molar-refractivity contribution in [3.05, 3.63) is 47.7 Å². The number of halogens is 1. The molecule has 2 aromatic carbocycles. The third-order valence-electron chi connectivity index (χ3n) is 6.22. The summed E-state index contributed by atoms with van der Waals surface area (Å²) in [5.74, 6) is 1.51. The van der Waals surface area contributed by atoms with E-state index in [9.17, 15) is 4.79 Å². The lowest BCUT2D eigenvalue weighted by Crippen LogP contribution is -2.33. The van der Waals surface area contributed by atoms with E-state index in [4.69, 9.17) is 10.2 Å². The number of rotatable bonds is 1. The average Bonchev–Trinajstić information content (AvgIpc) is 3.29. The van der Waals surface area contributed by atoms with Gasteiger partial charge in [0.15, 0.2) is 5.76 Å². The summed E-state index contributed by atoms with van der Waals surface area (Å²) in [5.41, 5.74) is 7.96. The molecule has 1 saturated carbocycles. The summed E-state index contributed by atoms with van der Waals surface area (Å²) in [7, 11) is 0. The summed E-state index contributed by atoms with van der Waals surface area (Å²) < 4.78 is 6.11. The standard InChI is InChI=1S/C21H22N2O2.ClH/c1-12-15-8-6-13-4-2-3-5-16(13)20(15)25-19(12)21(24)23-10-14-7-9-18(22)17(14)11-23;/h2-6,8,14,17-18H,7,9-11,22H2,1H3;1H. The van der Waals surface area contributed by atoms with Crippen LogP contribution in [0.5, 0.6) is 0 Å². The van der Waals surface area contributed by atoms with Crippen molar-refractivity contribution in [3.63, 3.8) is 0 Å². The van der Waals surface area contributed by atoms with Crippen LogP contribution in [0.15, 0.2) is 40.8 Å². The molecule has 2 heterocycles. The van der Waals surface area contributed by atoms with Crippen molar-refractivity contribution in [3.8, 4) is 0 Å². The van der Waals surface area contributed by atoms with Crippen LogP contribution >= 0.6 is 12.4 Å². The van der Waals surface area contributed by atoms with Gasteiger partial charge in [-0.2, -0.15) is 0 Å². The van der Waals surface area contributed by atoms with E-state index in [0.29, 0.717) is 17.6 Å². The van der Waals surface area contributed by atoms with Crippen LogP contribution < -0.4 is 5.73 Å². The molecular weight excluding hydrogens is 348 g/mol. The molecule has 1 aliphatic heterocycles. The summed E-state index contributed by atoms with van der Waals surface area (Å²) in [5, 5.41) is 3.21. The lowest BCUT2D eigenvalue weighted by molar-refractivity contribution is 0.0749. The zero-order chi connectivity index (χ0) is 17.1. The topological polar surface area (TPSA) is 59.5 Å². The molecule has 1 saturated heterocycles. The molecule has 3 unspecified atom stereocenters. The highest BCUT2D eigenvalue weighted by atomic mass is 35.5. The zero-order valence-corrected chi connectivity index (χ0v) is 15.6. The SMILES string of the molecule is Cc1c(C(=O)N2CC3CCC(N)C3C2)oc2c1ccc1ccccc12.Cl. The maximum absolute atomic E-state index is 13.1. The Bertz CT molecular complexity index is 996. The fraction of sp³-hybridized carbons (Fsp3) is 0.381. The predicted molar refractivity (Wildman–Crippen MR) is 106 cm³/mol. The molecule has 1 aromatic heterocycles. The monoisotopic (exact) mass is 370 g/mol. The highest BCUT2D eigenvalue weighted by Crippen LogP contribution is 2.39. The van der Waals surface area contributed by atoms with Crippen LogP contribution in [0.2, 0.25) is 0 Å². The van der Waals surface area contributed by atoms with Gasteiger partial charge in [-0.1, -0.05) is 36.4 Å². The summed E-state index contributed by atoms with van der Waals surface area (Å²) >= 11 is 0. The second-order valence-corrected chi connectivity index (χ2v) is 7.59. The van der Waals surface area contributed by atoms with E-state index in [1.54, 1.807) is 0 Å². The number of hydrogen-bond acceptors (Lipinski definition) is 3. The van der Waals surface area contributed by atoms with Crippen LogP contribution in [0.3, 0.4) is 0 Å². The van der Waals surface area contributed by atoms with E-state index in [0.717, 1.165) is 53.2 Å². The number of aryl methyl sites for hydroxylation is 1. The number of nitrogens with zero attached hydrogens (tertiary/aromatic N) is 1. The van der Waals surface area contributed by atoms with Crippen LogP contribution in [0.1, 0.15) is 29.0 Å². The Morgan fingerprint density at radius 3 is 2.73 bits per heavy atom. The summed E-state index contributed by atoms with van der Waals surface area (Å²) in [6.07, 6.45) is 2.23. The molecule has 0 spiro atoms. The van der Waals surface area contributed by atoms with E-state index in [2.05, 4.69) is 18.2 Å². The highest BCUT2D eigenvalue weighted by molar-refractivity contribution is 6.08. The van der Waals surface area contributed by atoms with Crippen molar-refractivity contribution in [1.29, 1.82) is 0 Å². The third-order valence-corrected chi connectivity index (χ3v) is 6.22. The smallest absolute Gasteiger partial charge is 0.289 e. The van der Waals surface area contributed by atoms with Crippen LogP contribution in [0.25, 0.3) is 21.7 Å². The lowest BCUT2D eigenvalue weighted by Gasteiger charge is -2.17. The molecule has 136 valence electrons. The second kappa shape index (κ2) is 6.29. The molecule has 3 atom stereocenters. The molecule has 2 aliphatic rings. The van der Waals surface area contributed by atoms with E-state index in [1.165, 1.54) is 0 Å². The van der Waals surface area contributed by atoms with Gasteiger partial charge in [0, 0.05) is 35.5 Å². The fourth-order valence-electron chi connectivity index (χ4n) is 4.77. The van der Waals surface area contributed by atoms with Gasteiger partial charge in [0.1, 0.15) is 5.58 Å². The van der Waals surface area contributed by atoms with Gasteiger partial charge in [-0.15, -0.1) is 12.4 Å². The largest absolute Gasteiger partial charge is 0.450 e. The number of carbonyl (C=O) groups is 1. The molecule has 5 heteroatoms. The first kappa shape index (κ1) is 17.4. The number of hydrogen-bond donors (Lipinski definition) is 1. The van der Waals surface area contributed by atoms with Crippen molar-refractivity contribution >= 4 is 40.1 Å². The molecule has 3 aromatic rings. The second-order valence-electron chi connectivity index (χ2n) is 7.59. The van der Waals surface area contributed by atoms with Crippen molar-refractivity contribution < 1.29 is 9.21 Å². The predicted octanol–water partition coefficient (Wildman–Crippen LogP) is 4.13. The van der Waals surface area contributed by atoms with Gasteiger partial charge in [0.25, 0.3) is 5.91 Å². The molecule has 1 aliphatic carbocycles. The first-order valence-corrected chi connectivity index (χ1v) is 9.09. The fourth-order valence-corrected chi connectivity index (χ4v) is 4.77. The molecule has 2 fully saturated rings. The van der Waals surface area contributed by atoms with Crippen molar-refractivity contribution in [2.75, 3.05) is 13.1 Å². The van der Waals surface area contributed by atoms with Gasteiger partial charge in [-0.3, -0.25) is 4.79 Å². The Hall–Kier alpha value is -2.04. The molecule has 0 bridgehead atoms. The minimum Gasteiger partial charge on any atom is -0.450 e. The average molecular weight is 371 g/mol. The van der Waals surface area contributed by atoms with Gasteiger partial charge in [0.05, 0.1) is 0 Å². The molecular formula is C21H23ClN2O2. The molecule has 1 amide bonds. The number of nitrogens with two attached hydrogens (primary N) is 1. The van der Waals surface area contributed by atoms with Crippen molar-refractivity contribution in [2.24, 2.45) is 17.6 Å². The number of fused-ring (bicyclic) bond motifs is 4. The number of amides is 1. The molecule has 26 heavy (non-hydrogen) atoms. The van der Waals surface area contributed by atoms with Crippen LogP contribution in [-0.2, 0) is 0 Å². The lowest BCUT2D eigenvalue weighted by atomic mass is 9.98. The van der Waals surface area contributed by atoms with Crippen molar-refractivity contribution in [1.82, 2.24) is 4.90 Å². The first-order chi connectivity index (χ1) is 12.1. The Balaban J connectivity index is 0.00000168. The Kier molecular flexibility index (Phi) is 4.20. The van der Waals surface area contributed by atoms with E-state index in [-0.39, 0.29) is 24.4 Å². The summed E-state index contributed by atoms with van der Waals surface area (Å²) in [6.45, 7) is 3.56. The molecule has 2 N–H and O–H groups in total. The zero-order valence-electron chi connectivity index (χ0n) is 14.8. The number of furan rings is 1. The Morgan fingerprint density at radius 1 is 1.12 bits per heavy atom. The van der Waals surface area contributed by atoms with Gasteiger partial charge in [-0.25, -0.2) is 0 Å². The normalized spacial score (nSPS) is 24.8. The first-order valence-electron chi connectivity index (χ1n) is 9.09. The third kappa shape index (κ3) is 2.43. The Morgan fingerprint density at radius 2 is 1.92 bits per heavy atom. The van der Waals surface area contributed by atoms with Gasteiger partial charge >= 0.3 is 0 Å². The number of benzene rings is 2. The minimum absolute atomic E-state index is 0. The van der Waals surface area contributed by atoms with Crippen LogP contribution in [0.4, 0.5) is 0 Å². The van der Waals surface area contributed by atoms with Crippen LogP contribution in [0, 0.1) is 18.8 Å². The van der Waals surface area contributed by atoms with Gasteiger partial charge < -0.3 is 15.1 Å². The van der Waals surface area contributed by atoms with E-state index < -0.39 is 0 Å². The Labute approximate surface area is 158 Å². The maximum Gasteiger partial charge on any atom is 0.289 e. The number of likely N-dealkylation sites (tertiary alicyclic amines) is 1. The van der Waals surface area contributed by atoms with Gasteiger partial charge in [-0.05, 0) is 37.0 Å².